The molecule has 4 aromatic rings. The van der Waals surface area contributed by atoms with Crippen LogP contribution in [0.2, 0.25) is 0 Å². The van der Waals surface area contributed by atoms with Gasteiger partial charge in [-0.2, -0.15) is 0 Å². The smallest absolute Gasteiger partial charge is 0.230 e. The number of ketones is 1. The molecule has 3 heterocycles. The van der Waals surface area contributed by atoms with Crippen LogP contribution in [0.5, 0.6) is 0 Å². The Hall–Kier alpha value is -3.13. The largest absolute Gasteiger partial charge is 0.338 e. The van der Waals surface area contributed by atoms with E-state index in [1.807, 2.05) is 30.8 Å². The third-order valence-electron chi connectivity index (χ3n) is 3.78. The molecular formula is C18H14FN5OS. The molecular weight excluding hydrogens is 353 g/mol. The maximum absolute atomic E-state index is 13.1. The van der Waals surface area contributed by atoms with Gasteiger partial charge in [0.25, 0.3) is 0 Å². The number of fused-ring (bicyclic) bond motifs is 1. The Kier molecular flexibility index (Phi) is 3.96. The number of rotatable bonds is 4. The topological polar surface area (TPSA) is 72.7 Å². The van der Waals surface area contributed by atoms with Gasteiger partial charge in [-0.25, -0.2) is 19.3 Å². The van der Waals surface area contributed by atoms with Crippen LogP contribution in [0.4, 0.5) is 16.0 Å². The average Bonchev–Trinajstić information content (AvgIpc) is 3.19. The Morgan fingerprint density at radius 2 is 2.00 bits per heavy atom. The Balaban J connectivity index is 1.80. The average molecular weight is 367 g/mol. The molecule has 0 aliphatic carbocycles. The zero-order valence-electron chi connectivity index (χ0n) is 14.0. The lowest BCUT2D eigenvalue weighted by Gasteiger charge is -2.06. The summed E-state index contributed by atoms with van der Waals surface area (Å²) in [5, 5.41) is 3.98. The maximum atomic E-state index is 13.1. The number of thiophene rings is 1. The van der Waals surface area contributed by atoms with Crippen LogP contribution >= 0.6 is 11.3 Å². The minimum Gasteiger partial charge on any atom is -0.338 e. The number of anilines is 2. The van der Waals surface area contributed by atoms with Crippen molar-refractivity contribution in [2.45, 2.75) is 6.92 Å². The van der Waals surface area contributed by atoms with E-state index in [4.69, 9.17) is 0 Å². The van der Waals surface area contributed by atoms with E-state index in [9.17, 15) is 9.18 Å². The first-order chi connectivity index (χ1) is 12.5. The van der Waals surface area contributed by atoms with Crippen molar-refractivity contribution < 1.29 is 9.18 Å². The highest BCUT2D eigenvalue weighted by Crippen LogP contribution is 2.30. The van der Waals surface area contributed by atoms with Crippen LogP contribution < -0.4 is 5.32 Å². The molecule has 0 spiro atoms. The molecule has 0 fully saturated rings. The Morgan fingerprint density at radius 1 is 1.23 bits per heavy atom. The second-order valence-corrected chi connectivity index (χ2v) is 7.09. The fraction of sp³-hybridized carbons (Fsp3) is 0.111. The third-order valence-corrected chi connectivity index (χ3v) is 4.72. The van der Waals surface area contributed by atoms with Crippen molar-refractivity contribution in [1.29, 1.82) is 0 Å². The SMILES string of the molecule is Cc1cc2c(Nc3cn(C)cn3)nc(C(=O)c3ccc(F)cc3)nc2s1. The standard InChI is InChI=1S/C18H14FN5OS/c1-10-7-13-16(21-14-8-24(2)9-20-14)22-17(23-18(13)26-10)15(25)11-3-5-12(19)6-4-11/h3-9H,1-2H3,(H,21,22,23). The van der Waals surface area contributed by atoms with Crippen molar-refractivity contribution >= 4 is 39.0 Å². The Morgan fingerprint density at radius 3 is 2.69 bits per heavy atom. The van der Waals surface area contributed by atoms with Gasteiger partial charge in [0.15, 0.2) is 0 Å². The van der Waals surface area contributed by atoms with Crippen LogP contribution in [0.15, 0.2) is 42.9 Å². The van der Waals surface area contributed by atoms with E-state index in [0.717, 1.165) is 10.3 Å². The fourth-order valence-corrected chi connectivity index (χ4v) is 3.45. The van der Waals surface area contributed by atoms with Gasteiger partial charge in [-0.15, -0.1) is 11.3 Å². The number of benzene rings is 1. The van der Waals surface area contributed by atoms with Crippen LogP contribution in [0.3, 0.4) is 0 Å². The predicted octanol–water partition coefficient (Wildman–Crippen LogP) is 3.85. The van der Waals surface area contributed by atoms with Crippen molar-refractivity contribution in [1.82, 2.24) is 19.5 Å². The van der Waals surface area contributed by atoms with Gasteiger partial charge in [0.05, 0.1) is 11.7 Å². The van der Waals surface area contributed by atoms with Crippen LogP contribution in [0, 0.1) is 12.7 Å². The number of halogens is 1. The summed E-state index contributed by atoms with van der Waals surface area (Å²) in [6.45, 7) is 1.97. The van der Waals surface area contributed by atoms with E-state index >= 15 is 0 Å². The monoisotopic (exact) mass is 367 g/mol. The van der Waals surface area contributed by atoms with E-state index < -0.39 is 5.82 Å². The van der Waals surface area contributed by atoms with Gasteiger partial charge in [0, 0.05) is 23.7 Å². The summed E-state index contributed by atoms with van der Waals surface area (Å²) >= 11 is 1.48. The van der Waals surface area contributed by atoms with E-state index in [1.165, 1.54) is 35.6 Å². The molecule has 0 unspecified atom stereocenters. The highest BCUT2D eigenvalue weighted by molar-refractivity contribution is 7.18. The third kappa shape index (κ3) is 3.06. The first kappa shape index (κ1) is 16.3. The number of aromatic nitrogens is 4. The summed E-state index contributed by atoms with van der Waals surface area (Å²) in [6.07, 6.45) is 3.48. The van der Waals surface area contributed by atoms with Crippen molar-refractivity contribution in [3.63, 3.8) is 0 Å². The number of carbonyl (C=O) groups is 1. The normalized spacial score (nSPS) is 11.0. The quantitative estimate of drug-likeness (QED) is 0.555. The van der Waals surface area contributed by atoms with Gasteiger partial charge in [-0.1, -0.05) is 0 Å². The van der Waals surface area contributed by atoms with E-state index in [1.54, 1.807) is 6.33 Å². The molecule has 26 heavy (non-hydrogen) atoms. The summed E-state index contributed by atoms with van der Waals surface area (Å²) in [6, 6.07) is 7.31. The summed E-state index contributed by atoms with van der Waals surface area (Å²) in [4.78, 5) is 27.5. The van der Waals surface area contributed by atoms with Gasteiger partial charge in [0.2, 0.25) is 11.6 Å². The minimum atomic E-state index is -0.399. The van der Waals surface area contributed by atoms with Crippen molar-refractivity contribution in [3.8, 4) is 0 Å². The molecule has 6 nitrogen and oxygen atoms in total. The molecule has 8 heteroatoms. The number of hydrogen-bond donors (Lipinski definition) is 1. The lowest BCUT2D eigenvalue weighted by molar-refractivity contribution is 0.103. The molecule has 3 aromatic heterocycles. The summed E-state index contributed by atoms with van der Waals surface area (Å²) < 4.78 is 14.9. The Bertz CT molecular complexity index is 1120. The lowest BCUT2D eigenvalue weighted by Crippen LogP contribution is -2.09. The first-order valence-electron chi connectivity index (χ1n) is 7.83. The number of carbonyl (C=O) groups excluding carboxylic acids is 1. The number of aryl methyl sites for hydroxylation is 2. The summed E-state index contributed by atoms with van der Waals surface area (Å²) in [5.74, 6) is 0.441. The van der Waals surface area contributed by atoms with E-state index in [-0.39, 0.29) is 11.6 Å². The molecule has 0 bridgehead atoms. The van der Waals surface area contributed by atoms with Crippen molar-refractivity contribution in [2.75, 3.05) is 5.32 Å². The summed E-state index contributed by atoms with van der Waals surface area (Å²) in [7, 11) is 1.87. The number of nitrogens with one attached hydrogen (secondary N) is 1. The molecule has 0 aliphatic heterocycles. The molecule has 0 amide bonds. The minimum absolute atomic E-state index is 0.0596. The van der Waals surface area contributed by atoms with Gasteiger partial charge in [-0.05, 0) is 37.3 Å². The van der Waals surface area contributed by atoms with Gasteiger partial charge >= 0.3 is 0 Å². The second kappa shape index (κ2) is 6.30. The second-order valence-electron chi connectivity index (χ2n) is 5.86. The molecule has 4 rings (SSSR count). The van der Waals surface area contributed by atoms with Crippen LogP contribution in [-0.4, -0.2) is 25.3 Å². The molecule has 0 aliphatic rings. The van der Waals surface area contributed by atoms with E-state index in [0.29, 0.717) is 22.0 Å². The highest BCUT2D eigenvalue weighted by Gasteiger charge is 2.18. The maximum Gasteiger partial charge on any atom is 0.230 e. The highest BCUT2D eigenvalue weighted by atomic mass is 32.1. The zero-order chi connectivity index (χ0) is 18.3. The molecule has 0 saturated heterocycles. The zero-order valence-corrected chi connectivity index (χ0v) is 14.8. The van der Waals surface area contributed by atoms with Crippen molar-refractivity contribution in [2.24, 2.45) is 7.05 Å². The van der Waals surface area contributed by atoms with E-state index in [2.05, 4.69) is 20.3 Å². The molecule has 1 N–H and O–H groups in total. The molecule has 0 atom stereocenters. The van der Waals surface area contributed by atoms with Gasteiger partial charge in [-0.3, -0.25) is 4.79 Å². The predicted molar refractivity (Wildman–Crippen MR) is 98.5 cm³/mol. The number of nitrogens with zero attached hydrogens (tertiary/aromatic N) is 4. The first-order valence-corrected chi connectivity index (χ1v) is 8.65. The van der Waals surface area contributed by atoms with Gasteiger partial charge in [0.1, 0.15) is 22.3 Å². The number of hydrogen-bond acceptors (Lipinski definition) is 6. The molecule has 130 valence electrons. The lowest BCUT2D eigenvalue weighted by atomic mass is 10.1. The number of imidazole rings is 1. The molecule has 0 radical (unpaired) electrons. The summed E-state index contributed by atoms with van der Waals surface area (Å²) in [5.41, 5.74) is 0.336. The van der Waals surface area contributed by atoms with Crippen molar-refractivity contribution in [3.05, 3.63) is 64.9 Å². The Labute approximate surface area is 152 Å². The fourth-order valence-electron chi connectivity index (χ4n) is 2.57. The molecule has 0 saturated carbocycles. The van der Waals surface area contributed by atoms with Crippen LogP contribution in [0.25, 0.3) is 10.2 Å². The van der Waals surface area contributed by atoms with Crippen LogP contribution in [-0.2, 0) is 7.05 Å². The van der Waals surface area contributed by atoms with Crippen LogP contribution in [0.1, 0.15) is 21.1 Å². The van der Waals surface area contributed by atoms with Gasteiger partial charge < -0.3 is 9.88 Å². The molecule has 1 aromatic carbocycles.